The minimum atomic E-state index is -1.20. The van der Waals surface area contributed by atoms with E-state index in [1.807, 2.05) is 0 Å². The number of rotatable bonds is 5. The lowest BCUT2D eigenvalue weighted by Crippen LogP contribution is -2.53. The lowest BCUT2D eigenvalue weighted by atomic mass is 10.2. The summed E-state index contributed by atoms with van der Waals surface area (Å²) in [5, 5.41) is 27.6. The van der Waals surface area contributed by atoms with E-state index in [0.29, 0.717) is 19.4 Å². The molecule has 2 atom stereocenters. The van der Waals surface area contributed by atoms with Crippen molar-refractivity contribution in [3.8, 4) is 0 Å². The topological polar surface area (TPSA) is 110 Å². The van der Waals surface area contributed by atoms with Crippen LogP contribution in [0.1, 0.15) is 12.8 Å². The van der Waals surface area contributed by atoms with Gasteiger partial charge < -0.3 is 15.3 Å². The molecule has 1 saturated heterocycles. The van der Waals surface area contributed by atoms with Gasteiger partial charge in [-0.05, 0) is 12.8 Å². The fourth-order valence-corrected chi connectivity index (χ4v) is 1.55. The van der Waals surface area contributed by atoms with Crippen LogP contribution in [0, 0.1) is 0 Å². The highest BCUT2D eigenvalue weighted by Crippen LogP contribution is 2.15. The molecule has 0 amide bonds. The smallest absolute Gasteiger partial charge is 0.324 e. The summed E-state index contributed by atoms with van der Waals surface area (Å²) in [5.41, 5.74) is 2.50. The molecule has 0 aliphatic carbocycles. The molecular weight excluding hydrogens is 204 g/mol. The average molecular weight is 218 g/mol. The van der Waals surface area contributed by atoms with Crippen LogP contribution in [0.5, 0.6) is 0 Å². The van der Waals surface area contributed by atoms with Crippen LogP contribution in [0.15, 0.2) is 0 Å². The van der Waals surface area contributed by atoms with Crippen LogP contribution in [-0.4, -0.2) is 57.5 Å². The summed E-state index contributed by atoms with van der Waals surface area (Å²) in [7, 11) is 0. The van der Waals surface area contributed by atoms with Crippen molar-refractivity contribution in [2.75, 3.05) is 13.2 Å². The molecule has 0 unspecified atom stereocenters. The lowest BCUT2D eigenvalue weighted by Gasteiger charge is -2.25. The van der Waals surface area contributed by atoms with Crippen LogP contribution in [-0.2, 0) is 9.59 Å². The molecule has 86 valence electrons. The fraction of sp³-hybridized carbons (Fsp3) is 0.750. The van der Waals surface area contributed by atoms with Gasteiger partial charge in [0.05, 0.1) is 6.61 Å². The Kier molecular flexibility index (Phi) is 4.01. The quantitative estimate of drug-likeness (QED) is 0.444. The molecule has 4 N–H and O–H groups in total. The summed E-state index contributed by atoms with van der Waals surface area (Å²) >= 11 is 0. The van der Waals surface area contributed by atoms with Gasteiger partial charge in [-0.25, -0.2) is 10.4 Å². The van der Waals surface area contributed by atoms with Gasteiger partial charge in [-0.3, -0.25) is 9.59 Å². The highest BCUT2D eigenvalue weighted by Gasteiger charge is 2.33. The predicted octanol–water partition coefficient (Wildman–Crippen LogP) is -1.51. The molecule has 1 fully saturated rings. The van der Waals surface area contributed by atoms with Crippen LogP contribution in [0.25, 0.3) is 0 Å². The summed E-state index contributed by atoms with van der Waals surface area (Å²) < 4.78 is 0. The van der Waals surface area contributed by atoms with Crippen LogP contribution >= 0.6 is 0 Å². The minimum Gasteiger partial charge on any atom is -0.480 e. The Morgan fingerprint density at radius 3 is 2.60 bits per heavy atom. The number of hydrazine groups is 1. The zero-order valence-electron chi connectivity index (χ0n) is 8.09. The van der Waals surface area contributed by atoms with Gasteiger partial charge in [-0.15, -0.1) is 0 Å². The monoisotopic (exact) mass is 218 g/mol. The third-order valence-electron chi connectivity index (χ3n) is 2.34. The normalized spacial score (nSPS) is 23.9. The van der Waals surface area contributed by atoms with Crippen molar-refractivity contribution in [1.82, 2.24) is 10.4 Å². The highest BCUT2D eigenvalue weighted by molar-refractivity contribution is 5.75. The van der Waals surface area contributed by atoms with Gasteiger partial charge in [0, 0.05) is 6.54 Å². The van der Waals surface area contributed by atoms with E-state index in [-0.39, 0.29) is 0 Å². The summed E-state index contributed by atoms with van der Waals surface area (Å²) in [5.74, 6) is -2.18. The number of aliphatic hydroxyl groups excluding tert-OH is 1. The van der Waals surface area contributed by atoms with E-state index < -0.39 is 30.6 Å². The van der Waals surface area contributed by atoms with E-state index in [4.69, 9.17) is 15.3 Å². The molecule has 0 aromatic heterocycles. The Balaban J connectivity index is 2.56. The van der Waals surface area contributed by atoms with Gasteiger partial charge in [-0.1, -0.05) is 0 Å². The van der Waals surface area contributed by atoms with E-state index in [2.05, 4.69) is 5.43 Å². The maximum Gasteiger partial charge on any atom is 0.324 e. The largest absolute Gasteiger partial charge is 0.480 e. The summed E-state index contributed by atoms with van der Waals surface area (Å²) in [6, 6.07) is -1.86. The van der Waals surface area contributed by atoms with Crippen molar-refractivity contribution < 1.29 is 24.9 Å². The van der Waals surface area contributed by atoms with E-state index in [9.17, 15) is 9.59 Å². The van der Waals surface area contributed by atoms with Crippen molar-refractivity contribution >= 4 is 11.9 Å². The number of hydrogen-bond acceptors (Lipinski definition) is 5. The molecule has 0 radical (unpaired) electrons. The third-order valence-corrected chi connectivity index (χ3v) is 2.34. The average Bonchev–Trinajstić information content (AvgIpc) is 2.61. The van der Waals surface area contributed by atoms with Crippen LogP contribution < -0.4 is 5.43 Å². The van der Waals surface area contributed by atoms with Crippen LogP contribution in [0.2, 0.25) is 0 Å². The number of nitrogens with one attached hydrogen (secondary N) is 1. The first-order valence-electron chi connectivity index (χ1n) is 4.65. The van der Waals surface area contributed by atoms with Crippen LogP contribution in [0.3, 0.4) is 0 Å². The molecule has 7 heteroatoms. The number of nitrogens with zero attached hydrogens (tertiary/aromatic N) is 1. The van der Waals surface area contributed by atoms with Gasteiger partial charge in [0.15, 0.2) is 0 Å². The zero-order chi connectivity index (χ0) is 11.4. The summed E-state index contributed by atoms with van der Waals surface area (Å²) in [6.07, 6.45) is 1.18. The van der Waals surface area contributed by atoms with E-state index in [1.165, 1.54) is 5.01 Å². The number of aliphatic carboxylic acids is 2. The molecule has 7 nitrogen and oxygen atoms in total. The molecule has 0 spiro atoms. The molecule has 0 bridgehead atoms. The van der Waals surface area contributed by atoms with Gasteiger partial charge in [-0.2, -0.15) is 0 Å². The third kappa shape index (κ3) is 2.88. The van der Waals surface area contributed by atoms with Gasteiger partial charge in [0.2, 0.25) is 0 Å². The Bertz CT molecular complexity index is 257. The molecule has 1 rings (SSSR count). The Morgan fingerprint density at radius 2 is 2.13 bits per heavy atom. The molecule has 1 heterocycles. The molecule has 0 aromatic rings. The van der Waals surface area contributed by atoms with Gasteiger partial charge in [0.25, 0.3) is 0 Å². The molecule has 1 aliphatic rings. The first kappa shape index (κ1) is 11.9. The number of carboxylic acid groups (broad SMARTS) is 2. The minimum absolute atomic E-state index is 0.473. The molecule has 1 aliphatic heterocycles. The number of aliphatic hydroxyl groups is 1. The summed E-state index contributed by atoms with van der Waals surface area (Å²) in [6.45, 7) is -0.0983. The standard InChI is InChI=1S/C8H14N2O5/c11-4-5(7(12)13)9-10-3-1-2-6(10)8(14)15/h5-6,9,11H,1-4H2,(H,12,13)(H,14,15)/t5-,6-/m0/s1. The Morgan fingerprint density at radius 1 is 1.47 bits per heavy atom. The second-order valence-electron chi connectivity index (χ2n) is 3.39. The number of carbonyl (C=O) groups is 2. The van der Waals surface area contributed by atoms with Crippen molar-refractivity contribution in [2.24, 2.45) is 0 Å². The Hall–Kier alpha value is -1.18. The van der Waals surface area contributed by atoms with Crippen molar-refractivity contribution in [2.45, 2.75) is 24.9 Å². The number of hydrogen-bond donors (Lipinski definition) is 4. The Labute approximate surface area is 86.3 Å². The lowest BCUT2D eigenvalue weighted by molar-refractivity contribution is -0.148. The number of carboxylic acids is 2. The maximum absolute atomic E-state index is 10.8. The summed E-state index contributed by atoms with van der Waals surface area (Å²) in [4.78, 5) is 21.4. The predicted molar refractivity (Wildman–Crippen MR) is 49.0 cm³/mol. The SMILES string of the molecule is O=C(O)[C@H](CO)NN1CCC[C@H]1C(=O)O. The van der Waals surface area contributed by atoms with Gasteiger partial charge >= 0.3 is 11.9 Å². The van der Waals surface area contributed by atoms with Crippen molar-refractivity contribution in [3.63, 3.8) is 0 Å². The molecule has 0 aromatic carbocycles. The van der Waals surface area contributed by atoms with Crippen LogP contribution in [0.4, 0.5) is 0 Å². The highest BCUT2D eigenvalue weighted by atomic mass is 16.4. The second kappa shape index (κ2) is 5.06. The maximum atomic E-state index is 10.8. The first-order chi connectivity index (χ1) is 7.06. The fourth-order valence-electron chi connectivity index (χ4n) is 1.55. The first-order valence-corrected chi connectivity index (χ1v) is 4.65. The molecule has 0 saturated carbocycles. The molecular formula is C8H14N2O5. The zero-order valence-corrected chi connectivity index (χ0v) is 8.09. The van der Waals surface area contributed by atoms with E-state index in [0.717, 1.165) is 0 Å². The second-order valence-corrected chi connectivity index (χ2v) is 3.39. The van der Waals surface area contributed by atoms with E-state index in [1.54, 1.807) is 0 Å². The van der Waals surface area contributed by atoms with Gasteiger partial charge in [0.1, 0.15) is 12.1 Å². The molecule has 15 heavy (non-hydrogen) atoms. The van der Waals surface area contributed by atoms with Crippen molar-refractivity contribution in [3.05, 3.63) is 0 Å². The van der Waals surface area contributed by atoms with E-state index >= 15 is 0 Å². The van der Waals surface area contributed by atoms with Crippen molar-refractivity contribution in [1.29, 1.82) is 0 Å².